The lowest BCUT2D eigenvalue weighted by Crippen LogP contribution is -2.38. The fraction of sp³-hybridized carbons (Fsp3) is 0.529. The molecule has 1 amide bonds. The largest absolute Gasteiger partial charge is 0.476 e. The SMILES string of the molecule is CC(C)NC(=O)c1cc2cc(OCCN3CCOCC3)ncc2[nH]1. The van der Waals surface area contributed by atoms with Gasteiger partial charge >= 0.3 is 0 Å². The van der Waals surface area contributed by atoms with Crippen LogP contribution in [-0.2, 0) is 4.74 Å². The molecule has 1 aliphatic rings. The molecule has 0 bridgehead atoms. The number of nitrogens with zero attached hydrogens (tertiary/aromatic N) is 2. The molecule has 0 unspecified atom stereocenters. The summed E-state index contributed by atoms with van der Waals surface area (Å²) in [6.07, 6.45) is 1.70. The van der Waals surface area contributed by atoms with Gasteiger partial charge in [0.05, 0.1) is 24.9 Å². The molecule has 1 saturated heterocycles. The van der Waals surface area contributed by atoms with Crippen LogP contribution in [0.5, 0.6) is 5.88 Å². The summed E-state index contributed by atoms with van der Waals surface area (Å²) in [6, 6.07) is 3.78. The number of nitrogens with one attached hydrogen (secondary N) is 2. The minimum absolute atomic E-state index is 0.0983. The van der Waals surface area contributed by atoms with Gasteiger partial charge in [-0.1, -0.05) is 0 Å². The van der Waals surface area contributed by atoms with Gasteiger partial charge in [-0.2, -0.15) is 0 Å². The molecule has 3 rings (SSSR count). The van der Waals surface area contributed by atoms with E-state index in [0.717, 1.165) is 43.8 Å². The molecule has 0 spiro atoms. The van der Waals surface area contributed by atoms with E-state index in [9.17, 15) is 4.79 Å². The minimum atomic E-state index is -0.115. The summed E-state index contributed by atoms with van der Waals surface area (Å²) in [7, 11) is 0. The summed E-state index contributed by atoms with van der Waals surface area (Å²) in [5.41, 5.74) is 1.36. The van der Waals surface area contributed by atoms with Crippen molar-refractivity contribution in [3.05, 3.63) is 24.0 Å². The Morgan fingerprint density at radius 3 is 2.96 bits per heavy atom. The molecule has 2 aromatic heterocycles. The topological polar surface area (TPSA) is 79.5 Å². The smallest absolute Gasteiger partial charge is 0.267 e. The van der Waals surface area contributed by atoms with Gasteiger partial charge in [0.1, 0.15) is 12.3 Å². The van der Waals surface area contributed by atoms with Crippen LogP contribution in [0.1, 0.15) is 24.3 Å². The molecule has 0 aliphatic carbocycles. The molecule has 1 fully saturated rings. The van der Waals surface area contributed by atoms with E-state index in [1.165, 1.54) is 0 Å². The lowest BCUT2D eigenvalue weighted by atomic mass is 10.3. The monoisotopic (exact) mass is 332 g/mol. The van der Waals surface area contributed by atoms with Gasteiger partial charge in [0, 0.05) is 37.1 Å². The normalized spacial score (nSPS) is 15.8. The van der Waals surface area contributed by atoms with Crippen LogP contribution in [0.4, 0.5) is 0 Å². The van der Waals surface area contributed by atoms with Crippen molar-refractivity contribution in [3.63, 3.8) is 0 Å². The van der Waals surface area contributed by atoms with E-state index >= 15 is 0 Å². The third kappa shape index (κ3) is 4.24. The van der Waals surface area contributed by atoms with E-state index in [1.807, 2.05) is 26.0 Å². The Kier molecular flexibility index (Phi) is 5.32. The quantitative estimate of drug-likeness (QED) is 0.836. The van der Waals surface area contributed by atoms with Crippen LogP contribution < -0.4 is 10.1 Å². The molecular weight excluding hydrogens is 308 g/mol. The zero-order chi connectivity index (χ0) is 16.9. The van der Waals surface area contributed by atoms with Crippen LogP contribution in [0.3, 0.4) is 0 Å². The average Bonchev–Trinajstić information content (AvgIpc) is 2.99. The number of aromatic amines is 1. The van der Waals surface area contributed by atoms with Crippen LogP contribution in [-0.4, -0.2) is 66.3 Å². The van der Waals surface area contributed by atoms with Crippen LogP contribution in [0.25, 0.3) is 10.9 Å². The Hall–Kier alpha value is -2.12. The first-order valence-corrected chi connectivity index (χ1v) is 8.34. The molecule has 0 saturated carbocycles. The van der Waals surface area contributed by atoms with Crippen molar-refractivity contribution < 1.29 is 14.3 Å². The summed E-state index contributed by atoms with van der Waals surface area (Å²) >= 11 is 0. The van der Waals surface area contributed by atoms with Crippen molar-refractivity contribution in [2.75, 3.05) is 39.5 Å². The second-order valence-electron chi connectivity index (χ2n) is 6.22. The summed E-state index contributed by atoms with van der Waals surface area (Å²) in [6.45, 7) is 8.78. The van der Waals surface area contributed by atoms with Crippen LogP contribution in [0.15, 0.2) is 18.3 Å². The molecular formula is C17H24N4O3. The number of morpholine rings is 1. The summed E-state index contributed by atoms with van der Waals surface area (Å²) in [5.74, 6) is 0.460. The Bertz CT molecular complexity index is 692. The highest BCUT2D eigenvalue weighted by Gasteiger charge is 2.12. The van der Waals surface area contributed by atoms with Crippen molar-refractivity contribution in [3.8, 4) is 5.88 Å². The molecule has 2 aromatic rings. The zero-order valence-electron chi connectivity index (χ0n) is 14.2. The minimum Gasteiger partial charge on any atom is -0.476 e. The molecule has 7 heteroatoms. The number of amides is 1. The highest BCUT2D eigenvalue weighted by atomic mass is 16.5. The molecule has 0 atom stereocenters. The first kappa shape index (κ1) is 16.7. The van der Waals surface area contributed by atoms with E-state index in [1.54, 1.807) is 6.20 Å². The van der Waals surface area contributed by atoms with E-state index < -0.39 is 0 Å². The molecule has 3 heterocycles. The van der Waals surface area contributed by atoms with Gasteiger partial charge in [0.15, 0.2) is 0 Å². The molecule has 7 nitrogen and oxygen atoms in total. The highest BCUT2D eigenvalue weighted by Crippen LogP contribution is 2.19. The lowest BCUT2D eigenvalue weighted by molar-refractivity contribution is 0.0320. The van der Waals surface area contributed by atoms with Crippen molar-refractivity contribution in [1.82, 2.24) is 20.2 Å². The fourth-order valence-electron chi connectivity index (χ4n) is 2.66. The summed E-state index contributed by atoms with van der Waals surface area (Å²) in [4.78, 5) is 21.7. The highest BCUT2D eigenvalue weighted by molar-refractivity contribution is 5.98. The molecule has 1 aliphatic heterocycles. The lowest BCUT2D eigenvalue weighted by Gasteiger charge is -2.26. The molecule has 0 aromatic carbocycles. The van der Waals surface area contributed by atoms with Crippen molar-refractivity contribution in [1.29, 1.82) is 0 Å². The Morgan fingerprint density at radius 1 is 1.42 bits per heavy atom. The number of fused-ring (bicyclic) bond motifs is 1. The van der Waals surface area contributed by atoms with Crippen molar-refractivity contribution in [2.45, 2.75) is 19.9 Å². The van der Waals surface area contributed by atoms with Crippen LogP contribution in [0, 0.1) is 0 Å². The van der Waals surface area contributed by atoms with Gasteiger partial charge in [0.2, 0.25) is 5.88 Å². The number of pyridine rings is 1. The predicted molar refractivity (Wildman–Crippen MR) is 91.4 cm³/mol. The standard InChI is InChI=1S/C17H24N4O3/c1-12(2)19-17(22)14-9-13-10-16(18-11-15(13)20-14)24-8-5-21-3-6-23-7-4-21/h9-12,20H,3-8H2,1-2H3,(H,19,22). The number of hydrogen-bond acceptors (Lipinski definition) is 5. The number of aromatic nitrogens is 2. The number of ether oxygens (including phenoxy) is 2. The van der Waals surface area contributed by atoms with Gasteiger partial charge in [-0.15, -0.1) is 0 Å². The van der Waals surface area contributed by atoms with E-state index in [2.05, 4.69) is 20.2 Å². The van der Waals surface area contributed by atoms with Crippen molar-refractivity contribution >= 4 is 16.8 Å². The van der Waals surface area contributed by atoms with Gasteiger partial charge in [-0.25, -0.2) is 4.98 Å². The second kappa shape index (κ2) is 7.63. The zero-order valence-corrected chi connectivity index (χ0v) is 14.2. The molecule has 24 heavy (non-hydrogen) atoms. The van der Waals surface area contributed by atoms with Crippen LogP contribution >= 0.6 is 0 Å². The van der Waals surface area contributed by atoms with Gasteiger partial charge in [0.25, 0.3) is 5.91 Å². The van der Waals surface area contributed by atoms with E-state index in [-0.39, 0.29) is 11.9 Å². The Balaban J connectivity index is 1.59. The maximum Gasteiger partial charge on any atom is 0.267 e. The predicted octanol–water partition coefficient (Wildman–Crippen LogP) is 1.41. The third-order valence-corrected chi connectivity index (χ3v) is 3.91. The number of carbonyl (C=O) groups excluding carboxylic acids is 1. The summed E-state index contributed by atoms with van der Waals surface area (Å²) in [5, 5.41) is 3.78. The first-order valence-electron chi connectivity index (χ1n) is 8.34. The van der Waals surface area contributed by atoms with E-state index in [4.69, 9.17) is 9.47 Å². The number of hydrogen-bond donors (Lipinski definition) is 2. The average molecular weight is 332 g/mol. The summed E-state index contributed by atoms with van der Waals surface area (Å²) < 4.78 is 11.1. The third-order valence-electron chi connectivity index (χ3n) is 3.91. The van der Waals surface area contributed by atoms with Gasteiger partial charge < -0.3 is 19.8 Å². The van der Waals surface area contributed by atoms with Gasteiger partial charge in [-0.05, 0) is 19.9 Å². The maximum atomic E-state index is 12.0. The van der Waals surface area contributed by atoms with Crippen molar-refractivity contribution in [2.24, 2.45) is 0 Å². The van der Waals surface area contributed by atoms with Gasteiger partial charge in [-0.3, -0.25) is 9.69 Å². The Morgan fingerprint density at radius 2 is 2.21 bits per heavy atom. The number of carbonyl (C=O) groups is 1. The maximum absolute atomic E-state index is 12.0. The first-order chi connectivity index (χ1) is 11.6. The number of H-pyrrole nitrogens is 1. The molecule has 130 valence electrons. The Labute approximate surface area is 141 Å². The second-order valence-corrected chi connectivity index (χ2v) is 6.22. The molecule has 2 N–H and O–H groups in total. The molecule has 0 radical (unpaired) electrons. The van der Waals surface area contributed by atoms with E-state index in [0.29, 0.717) is 18.2 Å². The number of rotatable bonds is 6. The fourth-order valence-corrected chi connectivity index (χ4v) is 2.66. The van der Waals surface area contributed by atoms with Crippen LogP contribution in [0.2, 0.25) is 0 Å².